The van der Waals surface area contributed by atoms with Crippen molar-refractivity contribution in [2.45, 2.75) is 6.18 Å². The Hall–Kier alpha value is -2.94. The Morgan fingerprint density at radius 1 is 1.15 bits per heavy atom. The van der Waals surface area contributed by atoms with Crippen LogP contribution in [-0.2, 0) is 6.18 Å². The van der Waals surface area contributed by atoms with Crippen LogP contribution in [0.5, 0.6) is 5.75 Å². The highest BCUT2D eigenvalue weighted by atomic mass is 32.1. The Balaban J connectivity index is 1.86. The van der Waals surface area contributed by atoms with Crippen molar-refractivity contribution in [3.63, 3.8) is 0 Å². The average Bonchev–Trinajstić information content (AvgIpc) is 3.07. The van der Waals surface area contributed by atoms with Crippen molar-refractivity contribution in [3.05, 3.63) is 65.6 Å². The summed E-state index contributed by atoms with van der Waals surface area (Å²) in [6.07, 6.45) is -3.20. The summed E-state index contributed by atoms with van der Waals surface area (Å²) in [4.78, 5) is 3.49. The second-order valence-electron chi connectivity index (χ2n) is 5.35. The Kier molecular flexibility index (Phi) is 5.41. The van der Waals surface area contributed by atoms with Gasteiger partial charge in [-0.3, -0.25) is 5.43 Å². The fraction of sp³-hybridized carbons (Fsp3) is 0.111. The van der Waals surface area contributed by atoms with E-state index in [1.54, 1.807) is 24.3 Å². The lowest BCUT2D eigenvalue weighted by molar-refractivity contribution is -0.140. The molecule has 0 bridgehead atoms. The quantitative estimate of drug-likeness (QED) is 0.356. The summed E-state index contributed by atoms with van der Waals surface area (Å²) in [5.74, 6) is 0.101. The number of hydrogen-bond donors (Lipinski definition) is 1. The molecule has 0 saturated carbocycles. The normalized spacial score (nSPS) is 11.7. The first-order valence-electron chi connectivity index (χ1n) is 7.64. The number of thiazole rings is 1. The maximum atomic E-state index is 13.3. The molecule has 0 aliphatic carbocycles. The van der Waals surface area contributed by atoms with E-state index in [1.807, 2.05) is 0 Å². The van der Waals surface area contributed by atoms with E-state index in [9.17, 15) is 17.6 Å². The van der Waals surface area contributed by atoms with Crippen LogP contribution in [-0.4, -0.2) is 18.3 Å². The number of halogens is 4. The van der Waals surface area contributed by atoms with Crippen molar-refractivity contribution < 1.29 is 22.3 Å². The number of nitrogens with zero attached hydrogens (tertiary/aromatic N) is 2. The Morgan fingerprint density at radius 2 is 1.89 bits per heavy atom. The number of methoxy groups -OCH3 is 1. The number of anilines is 1. The van der Waals surface area contributed by atoms with E-state index >= 15 is 0 Å². The minimum Gasteiger partial charge on any atom is -0.497 e. The maximum absolute atomic E-state index is 13.3. The fourth-order valence-corrected chi connectivity index (χ4v) is 3.18. The summed E-state index contributed by atoms with van der Waals surface area (Å²) in [5, 5.41) is 3.89. The molecule has 0 saturated heterocycles. The van der Waals surface area contributed by atoms with Crippen LogP contribution in [0.25, 0.3) is 10.4 Å². The number of rotatable bonds is 5. The molecule has 27 heavy (non-hydrogen) atoms. The molecule has 1 aromatic heterocycles. The first-order chi connectivity index (χ1) is 12.9. The van der Waals surface area contributed by atoms with Gasteiger partial charge in [-0.2, -0.15) is 18.3 Å². The number of ether oxygens (including phenoxy) is 1. The summed E-state index contributed by atoms with van der Waals surface area (Å²) in [6, 6.07) is 11.8. The highest BCUT2D eigenvalue weighted by Crippen LogP contribution is 2.41. The molecule has 140 valence electrons. The molecule has 3 aromatic rings. The van der Waals surface area contributed by atoms with Crippen molar-refractivity contribution in [1.29, 1.82) is 0 Å². The molecule has 0 spiro atoms. The molecule has 4 nitrogen and oxygen atoms in total. The van der Waals surface area contributed by atoms with Crippen molar-refractivity contribution in [3.8, 4) is 16.2 Å². The zero-order valence-electron chi connectivity index (χ0n) is 13.9. The molecule has 1 N–H and O–H groups in total. The molecule has 1 heterocycles. The first-order valence-corrected chi connectivity index (χ1v) is 8.45. The molecule has 0 fully saturated rings. The van der Waals surface area contributed by atoms with Gasteiger partial charge in [0, 0.05) is 0 Å². The molecule has 2 aromatic carbocycles. The largest absolute Gasteiger partial charge is 0.497 e. The third-order valence-electron chi connectivity index (χ3n) is 3.47. The van der Waals surface area contributed by atoms with Crippen LogP contribution in [0.2, 0.25) is 0 Å². The zero-order valence-corrected chi connectivity index (χ0v) is 14.7. The molecular weight excluding hydrogens is 382 g/mol. The average molecular weight is 395 g/mol. The van der Waals surface area contributed by atoms with Gasteiger partial charge in [0.25, 0.3) is 0 Å². The molecule has 0 aliphatic heterocycles. The van der Waals surface area contributed by atoms with E-state index < -0.39 is 17.7 Å². The molecule has 0 atom stereocenters. The van der Waals surface area contributed by atoms with Gasteiger partial charge in [-0.05, 0) is 35.4 Å². The lowest BCUT2D eigenvalue weighted by Gasteiger charge is -2.05. The van der Waals surface area contributed by atoms with E-state index in [-0.39, 0.29) is 15.6 Å². The third-order valence-corrected chi connectivity index (χ3v) is 4.48. The summed E-state index contributed by atoms with van der Waals surface area (Å²) < 4.78 is 58.0. The van der Waals surface area contributed by atoms with E-state index in [0.29, 0.717) is 11.3 Å². The molecule has 0 radical (unpaired) electrons. The second-order valence-corrected chi connectivity index (χ2v) is 6.35. The number of hydrazone groups is 1. The van der Waals surface area contributed by atoms with Crippen molar-refractivity contribution in [2.75, 3.05) is 12.5 Å². The second kappa shape index (κ2) is 7.75. The van der Waals surface area contributed by atoms with Crippen LogP contribution in [0.1, 0.15) is 11.3 Å². The number of benzene rings is 2. The van der Waals surface area contributed by atoms with Gasteiger partial charge in [-0.1, -0.05) is 35.6 Å². The monoisotopic (exact) mass is 395 g/mol. The lowest BCUT2D eigenvalue weighted by Crippen LogP contribution is -2.07. The number of aromatic nitrogens is 1. The molecule has 3 rings (SSSR count). The Bertz CT molecular complexity index is 952. The van der Waals surface area contributed by atoms with Crippen molar-refractivity contribution in [2.24, 2.45) is 5.10 Å². The van der Waals surface area contributed by atoms with E-state index in [4.69, 9.17) is 4.74 Å². The molecule has 0 unspecified atom stereocenters. The predicted octanol–water partition coefficient (Wildman–Crippen LogP) is 5.42. The Labute approximate surface area is 156 Å². The zero-order chi connectivity index (χ0) is 19.4. The van der Waals surface area contributed by atoms with Crippen LogP contribution in [0.4, 0.5) is 22.7 Å². The van der Waals surface area contributed by atoms with Gasteiger partial charge in [0.05, 0.1) is 18.2 Å². The first kappa shape index (κ1) is 18.8. The summed E-state index contributed by atoms with van der Waals surface area (Å²) in [6.45, 7) is 0. The standard InChI is InChI=1S/C18H13F4N3OS/c1-26-14-4-2-3-11(9-14)10-23-25-17-24-16(18(20,21)22)15(27-17)12-5-7-13(19)8-6-12/h2-10H,1H3,(H,24,25). The third kappa shape index (κ3) is 4.62. The summed E-state index contributed by atoms with van der Waals surface area (Å²) >= 11 is 0.785. The van der Waals surface area contributed by atoms with Crippen LogP contribution in [0, 0.1) is 5.82 Å². The van der Waals surface area contributed by atoms with Crippen LogP contribution in [0.3, 0.4) is 0 Å². The topological polar surface area (TPSA) is 46.5 Å². The smallest absolute Gasteiger partial charge is 0.434 e. The molecule has 0 amide bonds. The molecule has 9 heteroatoms. The minimum absolute atomic E-state index is 0.0270. The van der Waals surface area contributed by atoms with Gasteiger partial charge in [0.2, 0.25) is 5.13 Å². The summed E-state index contributed by atoms with van der Waals surface area (Å²) in [7, 11) is 1.53. The van der Waals surface area contributed by atoms with Gasteiger partial charge in [0.15, 0.2) is 5.69 Å². The van der Waals surface area contributed by atoms with Crippen molar-refractivity contribution >= 4 is 22.7 Å². The minimum atomic E-state index is -4.64. The van der Waals surface area contributed by atoms with Gasteiger partial charge >= 0.3 is 6.18 Å². The maximum Gasteiger partial charge on any atom is 0.434 e. The number of hydrogen-bond acceptors (Lipinski definition) is 5. The van der Waals surface area contributed by atoms with Crippen molar-refractivity contribution in [1.82, 2.24) is 4.98 Å². The highest BCUT2D eigenvalue weighted by molar-refractivity contribution is 7.19. The number of nitrogens with one attached hydrogen (secondary N) is 1. The van der Waals surface area contributed by atoms with Gasteiger partial charge in [-0.25, -0.2) is 9.37 Å². The fourth-order valence-electron chi connectivity index (χ4n) is 2.24. The Morgan fingerprint density at radius 3 is 2.56 bits per heavy atom. The van der Waals surface area contributed by atoms with Gasteiger partial charge in [0.1, 0.15) is 11.6 Å². The predicted molar refractivity (Wildman–Crippen MR) is 96.7 cm³/mol. The van der Waals surface area contributed by atoms with E-state index in [2.05, 4.69) is 15.5 Å². The van der Waals surface area contributed by atoms with Crippen LogP contribution in [0.15, 0.2) is 53.6 Å². The van der Waals surface area contributed by atoms with Gasteiger partial charge < -0.3 is 4.74 Å². The molecule has 0 aliphatic rings. The SMILES string of the molecule is COc1cccc(C=NNc2nc(C(F)(F)F)c(-c3ccc(F)cc3)s2)c1. The molecular formula is C18H13F4N3OS. The highest BCUT2D eigenvalue weighted by Gasteiger charge is 2.38. The van der Waals surface area contributed by atoms with E-state index in [0.717, 1.165) is 23.5 Å². The van der Waals surface area contributed by atoms with Crippen LogP contribution >= 0.6 is 11.3 Å². The van der Waals surface area contributed by atoms with Crippen LogP contribution < -0.4 is 10.2 Å². The summed E-state index contributed by atoms with van der Waals surface area (Å²) in [5.41, 5.74) is 2.39. The number of alkyl halides is 3. The van der Waals surface area contributed by atoms with E-state index in [1.165, 1.54) is 25.5 Å². The lowest BCUT2D eigenvalue weighted by atomic mass is 10.1. The van der Waals surface area contributed by atoms with Gasteiger partial charge in [-0.15, -0.1) is 0 Å².